The van der Waals surface area contributed by atoms with Gasteiger partial charge in [-0.05, 0) is 32.9 Å². The lowest BCUT2D eigenvalue weighted by molar-refractivity contribution is 0.695. The van der Waals surface area contributed by atoms with Gasteiger partial charge in [0, 0.05) is 23.5 Å². The molecular formula is C15H20N4. The van der Waals surface area contributed by atoms with Crippen molar-refractivity contribution >= 4 is 22.6 Å². The first kappa shape index (κ1) is 13.3. The Morgan fingerprint density at radius 2 is 2.05 bits per heavy atom. The van der Waals surface area contributed by atoms with Gasteiger partial charge in [-0.3, -0.25) is 5.41 Å². The number of rotatable bonds is 4. The molecule has 1 aromatic carbocycles. The predicted octanol–water partition coefficient (Wildman–Crippen LogP) is 2.75. The highest BCUT2D eigenvalue weighted by atomic mass is 15.2. The Morgan fingerprint density at radius 3 is 2.63 bits per heavy atom. The molecule has 0 aliphatic rings. The molecule has 19 heavy (non-hydrogen) atoms. The molecule has 0 radical (unpaired) electrons. The number of nitrogen functional groups attached to an aromatic ring is 1. The summed E-state index contributed by atoms with van der Waals surface area (Å²) < 4.78 is 0. The van der Waals surface area contributed by atoms with E-state index in [2.05, 4.69) is 30.7 Å². The van der Waals surface area contributed by atoms with Crippen molar-refractivity contribution in [1.29, 1.82) is 5.41 Å². The standard InChI is InChI=1S/C15H20N4/c1-4-19(10(2)3)14-9-12(15(16)17)11-7-5-6-8-13(11)18-14/h5-10H,4H2,1-3H3,(H3,16,17). The van der Waals surface area contributed by atoms with Crippen LogP contribution in [0, 0.1) is 5.41 Å². The van der Waals surface area contributed by atoms with E-state index in [-0.39, 0.29) is 5.84 Å². The molecule has 1 aromatic heterocycles. The van der Waals surface area contributed by atoms with Crippen molar-refractivity contribution in [3.05, 3.63) is 35.9 Å². The lowest BCUT2D eigenvalue weighted by atomic mass is 10.1. The largest absolute Gasteiger partial charge is 0.384 e. The van der Waals surface area contributed by atoms with Gasteiger partial charge >= 0.3 is 0 Å². The smallest absolute Gasteiger partial charge is 0.130 e. The minimum atomic E-state index is 0.0830. The Labute approximate surface area is 113 Å². The van der Waals surface area contributed by atoms with Crippen LogP contribution in [0.3, 0.4) is 0 Å². The molecule has 0 amide bonds. The van der Waals surface area contributed by atoms with Gasteiger partial charge in [0.25, 0.3) is 0 Å². The first-order chi connectivity index (χ1) is 9.04. The van der Waals surface area contributed by atoms with Gasteiger partial charge < -0.3 is 10.6 Å². The van der Waals surface area contributed by atoms with Crippen molar-refractivity contribution < 1.29 is 0 Å². The number of nitrogens with two attached hydrogens (primary N) is 1. The lowest BCUT2D eigenvalue weighted by Crippen LogP contribution is -2.31. The normalized spacial score (nSPS) is 10.9. The van der Waals surface area contributed by atoms with E-state index in [1.54, 1.807) is 0 Å². The molecule has 0 fully saturated rings. The van der Waals surface area contributed by atoms with Gasteiger partial charge in [-0.25, -0.2) is 4.98 Å². The Hall–Kier alpha value is -2.10. The third kappa shape index (κ3) is 2.52. The Kier molecular flexibility index (Phi) is 3.69. The summed E-state index contributed by atoms with van der Waals surface area (Å²) in [4.78, 5) is 6.88. The van der Waals surface area contributed by atoms with E-state index in [4.69, 9.17) is 11.1 Å². The average molecular weight is 256 g/mol. The Bertz CT molecular complexity index is 604. The number of nitrogens with one attached hydrogen (secondary N) is 1. The number of nitrogens with zero attached hydrogens (tertiary/aromatic N) is 2. The van der Waals surface area contributed by atoms with Crippen LogP contribution in [0.25, 0.3) is 10.9 Å². The maximum atomic E-state index is 7.75. The van der Waals surface area contributed by atoms with E-state index in [0.29, 0.717) is 6.04 Å². The molecule has 4 nitrogen and oxygen atoms in total. The van der Waals surface area contributed by atoms with Gasteiger partial charge in [-0.1, -0.05) is 18.2 Å². The summed E-state index contributed by atoms with van der Waals surface area (Å²) >= 11 is 0. The number of para-hydroxylation sites is 1. The summed E-state index contributed by atoms with van der Waals surface area (Å²) in [5, 5.41) is 8.68. The summed E-state index contributed by atoms with van der Waals surface area (Å²) in [6.07, 6.45) is 0. The molecule has 0 saturated carbocycles. The van der Waals surface area contributed by atoms with Gasteiger partial charge in [0.1, 0.15) is 11.7 Å². The molecule has 4 heteroatoms. The monoisotopic (exact) mass is 256 g/mol. The summed E-state index contributed by atoms with van der Waals surface area (Å²) in [5.41, 5.74) is 7.33. The zero-order chi connectivity index (χ0) is 14.0. The molecule has 0 saturated heterocycles. The maximum Gasteiger partial charge on any atom is 0.130 e. The van der Waals surface area contributed by atoms with Gasteiger partial charge in [-0.2, -0.15) is 0 Å². The van der Waals surface area contributed by atoms with Crippen molar-refractivity contribution in [1.82, 2.24) is 4.98 Å². The van der Waals surface area contributed by atoms with Crippen LogP contribution in [0.2, 0.25) is 0 Å². The van der Waals surface area contributed by atoms with E-state index in [1.165, 1.54) is 0 Å². The van der Waals surface area contributed by atoms with Gasteiger partial charge in [-0.15, -0.1) is 0 Å². The lowest BCUT2D eigenvalue weighted by Gasteiger charge is -2.27. The number of pyridine rings is 1. The van der Waals surface area contributed by atoms with Crippen LogP contribution < -0.4 is 10.6 Å². The highest BCUT2D eigenvalue weighted by molar-refractivity contribution is 6.07. The predicted molar refractivity (Wildman–Crippen MR) is 80.9 cm³/mol. The van der Waals surface area contributed by atoms with Crippen LogP contribution in [0.4, 0.5) is 5.82 Å². The third-order valence-electron chi connectivity index (χ3n) is 3.25. The fourth-order valence-electron chi connectivity index (χ4n) is 2.32. The number of fused-ring (bicyclic) bond motifs is 1. The molecule has 0 aliphatic heterocycles. The molecule has 0 unspecified atom stereocenters. The molecule has 0 spiro atoms. The van der Waals surface area contributed by atoms with Crippen LogP contribution in [0.5, 0.6) is 0 Å². The van der Waals surface area contributed by atoms with Crippen LogP contribution in [-0.4, -0.2) is 23.4 Å². The average Bonchev–Trinajstić information content (AvgIpc) is 2.38. The van der Waals surface area contributed by atoms with Crippen molar-refractivity contribution in [2.45, 2.75) is 26.8 Å². The highest BCUT2D eigenvalue weighted by Gasteiger charge is 2.14. The first-order valence-corrected chi connectivity index (χ1v) is 6.55. The van der Waals surface area contributed by atoms with Crippen molar-refractivity contribution in [3.8, 4) is 0 Å². The summed E-state index contributed by atoms with van der Waals surface area (Å²) in [7, 11) is 0. The number of benzene rings is 1. The van der Waals surface area contributed by atoms with Gasteiger partial charge in [0.2, 0.25) is 0 Å². The fourth-order valence-corrected chi connectivity index (χ4v) is 2.32. The van der Waals surface area contributed by atoms with Crippen molar-refractivity contribution in [2.75, 3.05) is 11.4 Å². The SMILES string of the molecule is CCN(c1cc(C(=N)N)c2ccccc2n1)C(C)C. The van der Waals surface area contributed by atoms with Crippen LogP contribution in [0.1, 0.15) is 26.3 Å². The molecule has 0 atom stereocenters. The number of anilines is 1. The molecule has 100 valence electrons. The minimum Gasteiger partial charge on any atom is -0.384 e. The summed E-state index contributed by atoms with van der Waals surface area (Å²) in [5.74, 6) is 0.959. The number of aromatic nitrogens is 1. The van der Waals surface area contributed by atoms with E-state index in [9.17, 15) is 0 Å². The third-order valence-corrected chi connectivity index (χ3v) is 3.25. The van der Waals surface area contributed by atoms with E-state index in [0.717, 1.165) is 28.8 Å². The number of hydrogen-bond donors (Lipinski definition) is 2. The zero-order valence-corrected chi connectivity index (χ0v) is 11.6. The van der Waals surface area contributed by atoms with E-state index >= 15 is 0 Å². The molecule has 0 bridgehead atoms. The Balaban J connectivity index is 2.67. The fraction of sp³-hybridized carbons (Fsp3) is 0.333. The highest BCUT2D eigenvalue weighted by Crippen LogP contribution is 2.23. The zero-order valence-electron chi connectivity index (χ0n) is 11.6. The van der Waals surface area contributed by atoms with E-state index < -0.39 is 0 Å². The molecule has 2 aromatic rings. The first-order valence-electron chi connectivity index (χ1n) is 6.55. The molecular weight excluding hydrogens is 236 g/mol. The van der Waals surface area contributed by atoms with Crippen LogP contribution >= 0.6 is 0 Å². The Morgan fingerprint density at radius 1 is 1.37 bits per heavy atom. The second-order valence-corrected chi connectivity index (χ2v) is 4.84. The summed E-state index contributed by atoms with van der Waals surface area (Å²) in [6, 6.07) is 10.1. The second kappa shape index (κ2) is 5.26. The van der Waals surface area contributed by atoms with Gasteiger partial charge in [0.15, 0.2) is 0 Å². The van der Waals surface area contributed by atoms with E-state index in [1.807, 2.05) is 30.3 Å². The number of amidine groups is 1. The minimum absolute atomic E-state index is 0.0830. The van der Waals surface area contributed by atoms with Crippen molar-refractivity contribution in [3.63, 3.8) is 0 Å². The molecule has 1 heterocycles. The second-order valence-electron chi connectivity index (χ2n) is 4.84. The topological polar surface area (TPSA) is 66.0 Å². The maximum absolute atomic E-state index is 7.75. The van der Waals surface area contributed by atoms with Crippen LogP contribution in [0.15, 0.2) is 30.3 Å². The molecule has 0 aliphatic carbocycles. The number of hydrogen-bond acceptors (Lipinski definition) is 3. The summed E-state index contributed by atoms with van der Waals surface area (Å²) in [6.45, 7) is 7.24. The van der Waals surface area contributed by atoms with Gasteiger partial charge in [0.05, 0.1) is 5.52 Å². The van der Waals surface area contributed by atoms with Crippen LogP contribution in [-0.2, 0) is 0 Å². The molecule has 3 N–H and O–H groups in total. The quantitative estimate of drug-likeness (QED) is 0.653. The molecule has 2 rings (SSSR count). The van der Waals surface area contributed by atoms with Crippen molar-refractivity contribution in [2.24, 2.45) is 5.73 Å².